The molecule has 2 nitrogen and oxygen atoms in total. The molecule has 1 aromatic rings. The lowest BCUT2D eigenvalue weighted by Crippen LogP contribution is -2.35. The predicted molar refractivity (Wildman–Crippen MR) is 85.0 cm³/mol. The van der Waals surface area contributed by atoms with Gasteiger partial charge in [-0.05, 0) is 55.7 Å². The van der Waals surface area contributed by atoms with E-state index in [9.17, 15) is 5.11 Å². The zero-order valence-electron chi connectivity index (χ0n) is 13.2. The van der Waals surface area contributed by atoms with Gasteiger partial charge in [0.05, 0.1) is 0 Å². The van der Waals surface area contributed by atoms with Crippen LogP contribution in [0.1, 0.15) is 62.8 Å². The van der Waals surface area contributed by atoms with Gasteiger partial charge in [0, 0.05) is 24.6 Å². The van der Waals surface area contributed by atoms with Gasteiger partial charge >= 0.3 is 0 Å². The van der Waals surface area contributed by atoms with Crippen LogP contribution in [0.4, 0.5) is 0 Å². The van der Waals surface area contributed by atoms with E-state index >= 15 is 0 Å². The van der Waals surface area contributed by atoms with Gasteiger partial charge in [0.2, 0.25) is 0 Å². The van der Waals surface area contributed by atoms with Crippen LogP contribution in [0, 0.1) is 5.41 Å². The number of nitrogens with one attached hydrogen (secondary N) is 1. The lowest BCUT2D eigenvalue weighted by molar-refractivity contribution is 0.132. The van der Waals surface area contributed by atoms with Crippen LogP contribution in [-0.2, 0) is 12.8 Å². The van der Waals surface area contributed by atoms with Crippen LogP contribution in [0.15, 0.2) is 18.2 Å². The first-order valence-electron chi connectivity index (χ1n) is 8.04. The van der Waals surface area contributed by atoms with Crippen molar-refractivity contribution in [1.82, 2.24) is 5.32 Å². The zero-order valence-corrected chi connectivity index (χ0v) is 13.2. The highest BCUT2D eigenvalue weighted by molar-refractivity contribution is 5.35. The van der Waals surface area contributed by atoms with Gasteiger partial charge in [-0.1, -0.05) is 32.0 Å². The van der Waals surface area contributed by atoms with Crippen molar-refractivity contribution in [1.29, 1.82) is 0 Å². The Kier molecular flexibility index (Phi) is 5.22. The van der Waals surface area contributed by atoms with E-state index in [0.29, 0.717) is 6.04 Å². The third kappa shape index (κ3) is 3.62. The van der Waals surface area contributed by atoms with Crippen molar-refractivity contribution in [3.63, 3.8) is 0 Å². The van der Waals surface area contributed by atoms with E-state index in [1.165, 1.54) is 31.2 Å². The van der Waals surface area contributed by atoms with Gasteiger partial charge in [-0.25, -0.2) is 0 Å². The maximum Gasteiger partial charge on any atom is 0.0496 e. The monoisotopic (exact) mass is 275 g/mol. The summed E-state index contributed by atoms with van der Waals surface area (Å²) in [6.07, 6.45) is 6.14. The molecular formula is C18H29NO. The van der Waals surface area contributed by atoms with Gasteiger partial charge < -0.3 is 10.4 Å². The van der Waals surface area contributed by atoms with E-state index in [2.05, 4.69) is 44.3 Å². The Morgan fingerprint density at radius 2 is 1.95 bits per heavy atom. The number of aliphatic hydroxyl groups is 1. The number of hydrogen-bond donors (Lipinski definition) is 2. The molecule has 0 bridgehead atoms. The average Bonchev–Trinajstić information content (AvgIpc) is 2.51. The van der Waals surface area contributed by atoms with Crippen LogP contribution in [0.2, 0.25) is 0 Å². The fourth-order valence-electron chi connectivity index (χ4n) is 2.83. The second-order valence-corrected chi connectivity index (χ2v) is 6.66. The van der Waals surface area contributed by atoms with Crippen molar-refractivity contribution in [3.05, 3.63) is 34.9 Å². The molecule has 0 aliphatic heterocycles. The molecule has 2 atom stereocenters. The van der Waals surface area contributed by atoms with Gasteiger partial charge in [0.25, 0.3) is 0 Å². The van der Waals surface area contributed by atoms with E-state index in [-0.39, 0.29) is 12.0 Å². The number of hydrogen-bond acceptors (Lipinski definition) is 2. The van der Waals surface area contributed by atoms with Gasteiger partial charge in [-0.3, -0.25) is 0 Å². The molecule has 1 aliphatic carbocycles. The third-order valence-electron chi connectivity index (χ3n) is 4.94. The SMILES string of the molecule is CCC(C)(CO)CNC(C)c1ccc2c(c1)CCCC2. The molecule has 112 valence electrons. The first-order valence-corrected chi connectivity index (χ1v) is 8.04. The molecule has 0 amide bonds. The first-order chi connectivity index (χ1) is 9.58. The summed E-state index contributed by atoms with van der Waals surface area (Å²) in [6.45, 7) is 7.60. The molecular weight excluding hydrogens is 246 g/mol. The summed E-state index contributed by atoms with van der Waals surface area (Å²) in [6, 6.07) is 7.31. The molecule has 0 saturated heterocycles. The minimum absolute atomic E-state index is 0.0114. The van der Waals surface area contributed by atoms with Crippen molar-refractivity contribution >= 4 is 0 Å². The molecule has 0 saturated carbocycles. The van der Waals surface area contributed by atoms with Crippen molar-refractivity contribution in [2.45, 2.75) is 58.9 Å². The summed E-state index contributed by atoms with van der Waals surface area (Å²) in [5.74, 6) is 0. The van der Waals surface area contributed by atoms with Gasteiger partial charge in [0.1, 0.15) is 0 Å². The topological polar surface area (TPSA) is 32.3 Å². The Bertz CT molecular complexity index is 437. The molecule has 0 spiro atoms. The Morgan fingerprint density at radius 3 is 2.60 bits per heavy atom. The molecule has 0 radical (unpaired) electrons. The lowest BCUT2D eigenvalue weighted by Gasteiger charge is -2.28. The van der Waals surface area contributed by atoms with E-state index in [1.807, 2.05) is 0 Å². The molecule has 20 heavy (non-hydrogen) atoms. The standard InChI is InChI=1S/C18H29NO/c1-4-18(3,13-20)12-19-14(2)16-10-9-15-7-5-6-8-17(15)11-16/h9-11,14,19-20H,4-8,12-13H2,1-3H3. The molecule has 0 heterocycles. The van der Waals surface area contributed by atoms with Crippen LogP contribution in [0.5, 0.6) is 0 Å². The highest BCUT2D eigenvalue weighted by Crippen LogP contribution is 2.26. The van der Waals surface area contributed by atoms with Gasteiger partial charge in [-0.2, -0.15) is 0 Å². The van der Waals surface area contributed by atoms with Crippen LogP contribution in [-0.4, -0.2) is 18.3 Å². The Morgan fingerprint density at radius 1 is 1.25 bits per heavy atom. The minimum Gasteiger partial charge on any atom is -0.396 e. The number of fused-ring (bicyclic) bond motifs is 1. The van der Waals surface area contributed by atoms with Gasteiger partial charge in [0.15, 0.2) is 0 Å². The Labute approximate surface area is 123 Å². The summed E-state index contributed by atoms with van der Waals surface area (Å²) in [5.41, 5.74) is 4.45. The number of aryl methyl sites for hydroxylation is 2. The second-order valence-electron chi connectivity index (χ2n) is 6.66. The Balaban J connectivity index is 2.00. The molecule has 2 N–H and O–H groups in total. The van der Waals surface area contributed by atoms with Crippen LogP contribution >= 0.6 is 0 Å². The van der Waals surface area contributed by atoms with Crippen molar-refractivity contribution in [2.75, 3.05) is 13.2 Å². The molecule has 1 aromatic carbocycles. The summed E-state index contributed by atoms with van der Waals surface area (Å²) in [5, 5.41) is 13.1. The van der Waals surface area contributed by atoms with Crippen LogP contribution in [0.3, 0.4) is 0 Å². The predicted octanol–water partition coefficient (Wildman–Crippen LogP) is 3.62. The zero-order chi connectivity index (χ0) is 14.6. The van der Waals surface area contributed by atoms with Crippen LogP contribution in [0.25, 0.3) is 0 Å². The average molecular weight is 275 g/mol. The minimum atomic E-state index is -0.0114. The third-order valence-corrected chi connectivity index (χ3v) is 4.94. The number of aliphatic hydroxyl groups excluding tert-OH is 1. The van der Waals surface area contributed by atoms with E-state index in [4.69, 9.17) is 0 Å². The molecule has 2 heteroatoms. The maximum absolute atomic E-state index is 9.49. The fraction of sp³-hybridized carbons (Fsp3) is 0.667. The van der Waals surface area contributed by atoms with Gasteiger partial charge in [-0.15, -0.1) is 0 Å². The lowest BCUT2D eigenvalue weighted by atomic mass is 9.87. The van der Waals surface area contributed by atoms with E-state index in [1.54, 1.807) is 11.1 Å². The molecule has 0 fully saturated rings. The van der Waals surface area contributed by atoms with E-state index < -0.39 is 0 Å². The maximum atomic E-state index is 9.49. The molecule has 2 unspecified atom stereocenters. The molecule has 0 aromatic heterocycles. The molecule has 1 aliphatic rings. The summed E-state index contributed by atoms with van der Waals surface area (Å²) >= 11 is 0. The first kappa shape index (κ1) is 15.5. The summed E-state index contributed by atoms with van der Waals surface area (Å²) < 4.78 is 0. The smallest absolute Gasteiger partial charge is 0.0496 e. The number of rotatable bonds is 6. The van der Waals surface area contributed by atoms with E-state index in [0.717, 1.165) is 13.0 Å². The summed E-state index contributed by atoms with van der Waals surface area (Å²) in [7, 11) is 0. The Hall–Kier alpha value is -0.860. The largest absolute Gasteiger partial charge is 0.396 e. The highest BCUT2D eigenvalue weighted by Gasteiger charge is 2.22. The van der Waals surface area contributed by atoms with Crippen LogP contribution < -0.4 is 5.32 Å². The number of benzene rings is 1. The normalized spacial score (nSPS) is 19.2. The summed E-state index contributed by atoms with van der Waals surface area (Å²) in [4.78, 5) is 0. The molecule has 2 rings (SSSR count). The van der Waals surface area contributed by atoms with Crippen molar-refractivity contribution in [3.8, 4) is 0 Å². The second kappa shape index (κ2) is 6.73. The van der Waals surface area contributed by atoms with Crippen molar-refractivity contribution in [2.24, 2.45) is 5.41 Å². The quantitative estimate of drug-likeness (QED) is 0.831. The van der Waals surface area contributed by atoms with Crippen molar-refractivity contribution < 1.29 is 5.11 Å². The highest BCUT2D eigenvalue weighted by atomic mass is 16.3. The fourth-order valence-corrected chi connectivity index (χ4v) is 2.83.